The molecule has 26 heavy (non-hydrogen) atoms. The Kier molecular flexibility index (Phi) is 7.78. The second-order valence-corrected chi connectivity index (χ2v) is 9.11. The molecule has 152 valence electrons. The number of morpholine rings is 1. The normalized spacial score (nSPS) is 31.7. The standard InChI is InChI=1S/C20H37N3O2.ClH/c1-16-13-17(7-10-21-16)18(24)22-14-20(8-5-4-6-9-20)23-11-12-25-19(2,3)15-23;/h16-17,21H,4-15H2,1-3H3,(H,22,24);1H/t16-,17-;/m0./s1. The summed E-state index contributed by atoms with van der Waals surface area (Å²) in [4.78, 5) is 15.4. The number of carbonyl (C=O) groups is 1. The summed E-state index contributed by atoms with van der Waals surface area (Å²) in [7, 11) is 0. The van der Waals surface area contributed by atoms with Crippen LogP contribution in [-0.2, 0) is 9.53 Å². The Morgan fingerprint density at radius 1 is 1.27 bits per heavy atom. The Balaban J connectivity index is 0.00000243. The smallest absolute Gasteiger partial charge is 0.223 e. The number of hydrogen-bond donors (Lipinski definition) is 2. The molecule has 3 fully saturated rings. The molecule has 2 heterocycles. The third-order valence-corrected chi connectivity index (χ3v) is 6.47. The van der Waals surface area contributed by atoms with Gasteiger partial charge >= 0.3 is 0 Å². The van der Waals surface area contributed by atoms with Gasteiger partial charge in [-0.15, -0.1) is 12.4 Å². The Bertz CT molecular complexity index is 466. The van der Waals surface area contributed by atoms with Crippen molar-refractivity contribution in [3.05, 3.63) is 0 Å². The van der Waals surface area contributed by atoms with E-state index in [0.29, 0.717) is 6.04 Å². The minimum absolute atomic E-state index is 0. The van der Waals surface area contributed by atoms with Crippen molar-refractivity contribution in [1.82, 2.24) is 15.5 Å². The van der Waals surface area contributed by atoms with Crippen LogP contribution in [0, 0.1) is 5.92 Å². The summed E-state index contributed by atoms with van der Waals surface area (Å²) in [5, 5.41) is 6.80. The van der Waals surface area contributed by atoms with Gasteiger partial charge in [-0.1, -0.05) is 19.3 Å². The summed E-state index contributed by atoms with van der Waals surface area (Å²) < 4.78 is 5.93. The molecule has 2 N–H and O–H groups in total. The number of piperidine rings is 1. The fourth-order valence-electron chi connectivity index (χ4n) is 5.00. The number of ether oxygens (including phenoxy) is 1. The van der Waals surface area contributed by atoms with Crippen molar-refractivity contribution >= 4 is 18.3 Å². The van der Waals surface area contributed by atoms with Gasteiger partial charge in [0.25, 0.3) is 0 Å². The van der Waals surface area contributed by atoms with E-state index >= 15 is 0 Å². The van der Waals surface area contributed by atoms with Crippen LogP contribution >= 0.6 is 12.4 Å². The van der Waals surface area contributed by atoms with Crippen LogP contribution in [0.25, 0.3) is 0 Å². The first-order valence-electron chi connectivity index (χ1n) is 10.3. The SMILES string of the molecule is C[C@H]1C[C@@H](C(=O)NCC2(N3CCOC(C)(C)C3)CCCCC2)CCN1.Cl. The largest absolute Gasteiger partial charge is 0.373 e. The molecule has 1 aliphatic carbocycles. The minimum Gasteiger partial charge on any atom is -0.373 e. The molecule has 0 aromatic carbocycles. The van der Waals surface area contributed by atoms with Crippen molar-refractivity contribution in [2.75, 3.05) is 32.8 Å². The van der Waals surface area contributed by atoms with Gasteiger partial charge < -0.3 is 15.4 Å². The van der Waals surface area contributed by atoms with Gasteiger partial charge in [0.05, 0.1) is 12.2 Å². The first-order valence-corrected chi connectivity index (χ1v) is 10.3. The monoisotopic (exact) mass is 387 g/mol. The van der Waals surface area contributed by atoms with Gasteiger partial charge in [-0.25, -0.2) is 0 Å². The zero-order valence-corrected chi connectivity index (χ0v) is 17.6. The number of hydrogen-bond acceptors (Lipinski definition) is 4. The molecular formula is C20H38ClN3O2. The van der Waals surface area contributed by atoms with E-state index in [1.54, 1.807) is 0 Å². The molecule has 0 aromatic rings. The summed E-state index contributed by atoms with van der Waals surface area (Å²) in [6, 6.07) is 0.452. The average molecular weight is 388 g/mol. The molecule has 0 radical (unpaired) electrons. The fraction of sp³-hybridized carbons (Fsp3) is 0.950. The first kappa shape index (κ1) is 21.9. The highest BCUT2D eigenvalue weighted by atomic mass is 35.5. The second kappa shape index (κ2) is 9.22. The topological polar surface area (TPSA) is 53.6 Å². The van der Waals surface area contributed by atoms with E-state index in [4.69, 9.17) is 4.74 Å². The van der Waals surface area contributed by atoms with Crippen LogP contribution in [-0.4, -0.2) is 60.8 Å². The highest BCUT2D eigenvalue weighted by Gasteiger charge is 2.42. The Morgan fingerprint density at radius 2 is 2.00 bits per heavy atom. The maximum Gasteiger partial charge on any atom is 0.223 e. The summed E-state index contributed by atoms with van der Waals surface area (Å²) in [6.45, 7) is 11.1. The van der Waals surface area contributed by atoms with E-state index in [1.807, 2.05) is 0 Å². The van der Waals surface area contributed by atoms with Crippen LogP contribution in [0.15, 0.2) is 0 Å². The number of halogens is 1. The van der Waals surface area contributed by atoms with E-state index < -0.39 is 0 Å². The van der Waals surface area contributed by atoms with Crippen LogP contribution in [0.4, 0.5) is 0 Å². The quantitative estimate of drug-likeness (QED) is 0.778. The fourth-order valence-corrected chi connectivity index (χ4v) is 5.00. The van der Waals surface area contributed by atoms with Crippen LogP contribution in [0.5, 0.6) is 0 Å². The molecule has 0 spiro atoms. The number of nitrogens with one attached hydrogen (secondary N) is 2. The van der Waals surface area contributed by atoms with E-state index in [0.717, 1.165) is 45.6 Å². The van der Waals surface area contributed by atoms with Gasteiger partial charge in [0, 0.05) is 37.1 Å². The van der Waals surface area contributed by atoms with Crippen molar-refractivity contribution in [1.29, 1.82) is 0 Å². The summed E-state index contributed by atoms with van der Waals surface area (Å²) in [5.74, 6) is 0.448. The minimum atomic E-state index is -0.0861. The van der Waals surface area contributed by atoms with Crippen molar-refractivity contribution in [2.45, 2.75) is 82.9 Å². The molecule has 6 heteroatoms. The Labute approximate surface area is 165 Å². The summed E-state index contributed by atoms with van der Waals surface area (Å²) >= 11 is 0. The molecule has 1 saturated carbocycles. The molecule has 3 aliphatic rings. The molecule has 0 aromatic heterocycles. The van der Waals surface area contributed by atoms with E-state index in [2.05, 4.69) is 36.3 Å². The van der Waals surface area contributed by atoms with E-state index in [9.17, 15) is 4.79 Å². The van der Waals surface area contributed by atoms with Gasteiger partial charge in [0.2, 0.25) is 5.91 Å². The Morgan fingerprint density at radius 3 is 2.65 bits per heavy atom. The Hall–Kier alpha value is -0.360. The highest BCUT2D eigenvalue weighted by molar-refractivity contribution is 5.85. The van der Waals surface area contributed by atoms with Crippen LogP contribution in [0.1, 0.15) is 65.7 Å². The highest BCUT2D eigenvalue weighted by Crippen LogP contribution is 2.36. The molecule has 2 atom stereocenters. The van der Waals surface area contributed by atoms with Crippen LogP contribution < -0.4 is 10.6 Å². The van der Waals surface area contributed by atoms with Gasteiger partial charge in [0.1, 0.15) is 0 Å². The molecule has 0 unspecified atom stereocenters. The van der Waals surface area contributed by atoms with Crippen LogP contribution in [0.2, 0.25) is 0 Å². The van der Waals surface area contributed by atoms with Gasteiger partial charge in [0.15, 0.2) is 0 Å². The lowest BCUT2D eigenvalue weighted by Gasteiger charge is -2.51. The predicted octanol–water partition coefficient (Wildman–Crippen LogP) is 2.73. The molecule has 3 rings (SSSR count). The van der Waals surface area contributed by atoms with E-state index in [-0.39, 0.29) is 35.4 Å². The lowest BCUT2D eigenvalue weighted by molar-refractivity contribution is -0.132. The zero-order chi connectivity index (χ0) is 17.9. The second-order valence-electron chi connectivity index (χ2n) is 9.11. The molecule has 5 nitrogen and oxygen atoms in total. The third kappa shape index (κ3) is 5.34. The first-order chi connectivity index (χ1) is 11.9. The predicted molar refractivity (Wildman–Crippen MR) is 108 cm³/mol. The summed E-state index contributed by atoms with van der Waals surface area (Å²) in [6.07, 6.45) is 8.21. The van der Waals surface area contributed by atoms with Crippen molar-refractivity contribution in [2.24, 2.45) is 5.92 Å². The maximum atomic E-state index is 12.8. The molecule has 2 saturated heterocycles. The van der Waals surface area contributed by atoms with Crippen molar-refractivity contribution in [3.8, 4) is 0 Å². The number of amides is 1. The zero-order valence-electron chi connectivity index (χ0n) is 16.8. The third-order valence-electron chi connectivity index (χ3n) is 6.47. The van der Waals surface area contributed by atoms with Gasteiger partial charge in [-0.05, 0) is 53.0 Å². The van der Waals surface area contributed by atoms with Crippen molar-refractivity contribution in [3.63, 3.8) is 0 Å². The van der Waals surface area contributed by atoms with Crippen LogP contribution in [0.3, 0.4) is 0 Å². The number of nitrogens with zero attached hydrogens (tertiary/aromatic N) is 1. The lowest BCUT2D eigenvalue weighted by atomic mass is 9.79. The number of carbonyl (C=O) groups excluding carboxylic acids is 1. The maximum absolute atomic E-state index is 12.8. The molecule has 2 aliphatic heterocycles. The molecule has 0 bridgehead atoms. The van der Waals surface area contributed by atoms with Gasteiger partial charge in [-0.2, -0.15) is 0 Å². The van der Waals surface area contributed by atoms with Crippen molar-refractivity contribution < 1.29 is 9.53 Å². The lowest BCUT2D eigenvalue weighted by Crippen LogP contribution is -2.63. The molecular weight excluding hydrogens is 350 g/mol. The molecule has 1 amide bonds. The summed E-state index contributed by atoms with van der Waals surface area (Å²) in [5.41, 5.74) is 0.0463. The average Bonchev–Trinajstić information content (AvgIpc) is 2.59. The number of rotatable bonds is 4. The van der Waals surface area contributed by atoms with Gasteiger partial charge in [-0.3, -0.25) is 9.69 Å². The van der Waals surface area contributed by atoms with E-state index in [1.165, 1.54) is 32.1 Å².